The number of H-pyrrole nitrogens is 1. The fourth-order valence-electron chi connectivity index (χ4n) is 1.80. The minimum absolute atomic E-state index is 0.871. The van der Waals surface area contributed by atoms with Gasteiger partial charge >= 0.3 is 0 Å². The number of aromatic amines is 1. The van der Waals surface area contributed by atoms with E-state index in [9.17, 15) is 0 Å². The number of hydrogen-bond acceptors (Lipinski definition) is 2. The minimum atomic E-state index is 0.871. The molecule has 0 aliphatic heterocycles. The Bertz CT molecular complexity index is 582. The zero-order valence-corrected chi connectivity index (χ0v) is 10.1. The van der Waals surface area contributed by atoms with E-state index in [1.165, 1.54) is 11.1 Å². The molecule has 84 valence electrons. The lowest BCUT2D eigenvalue weighted by atomic mass is 10.2. The van der Waals surface area contributed by atoms with Gasteiger partial charge in [-0.05, 0) is 28.0 Å². The van der Waals surface area contributed by atoms with E-state index < -0.39 is 0 Å². The monoisotopic (exact) mass is 240 g/mol. The molecule has 2 aromatic heterocycles. The maximum Gasteiger partial charge on any atom is 0.110 e. The lowest BCUT2D eigenvalue weighted by Crippen LogP contribution is -1.88. The molecule has 3 rings (SSSR count). The first kappa shape index (κ1) is 10.3. The van der Waals surface area contributed by atoms with E-state index in [4.69, 9.17) is 0 Å². The summed E-state index contributed by atoms with van der Waals surface area (Å²) in [7, 11) is 0. The number of hydrogen-bond donors (Lipinski definition) is 1. The van der Waals surface area contributed by atoms with Crippen molar-refractivity contribution in [1.82, 2.24) is 9.97 Å². The molecular weight excluding hydrogens is 228 g/mol. The Kier molecular flexibility index (Phi) is 2.76. The maximum atomic E-state index is 4.42. The Hall–Kier alpha value is -1.87. The normalized spacial score (nSPS) is 10.6. The van der Waals surface area contributed by atoms with Gasteiger partial charge in [-0.2, -0.15) is 11.3 Å². The van der Waals surface area contributed by atoms with Gasteiger partial charge in [0.1, 0.15) is 5.82 Å². The van der Waals surface area contributed by atoms with Crippen LogP contribution in [-0.4, -0.2) is 9.97 Å². The van der Waals surface area contributed by atoms with Crippen LogP contribution in [0.15, 0.2) is 53.4 Å². The van der Waals surface area contributed by atoms with Gasteiger partial charge in [0.2, 0.25) is 0 Å². The minimum Gasteiger partial charge on any atom is -0.342 e. The van der Waals surface area contributed by atoms with Gasteiger partial charge in [0.25, 0.3) is 0 Å². The predicted molar refractivity (Wildman–Crippen MR) is 71.1 cm³/mol. The summed E-state index contributed by atoms with van der Waals surface area (Å²) in [5.74, 6) is 1.02. The summed E-state index contributed by atoms with van der Waals surface area (Å²) in [4.78, 5) is 7.78. The molecule has 0 aliphatic carbocycles. The molecule has 2 nitrogen and oxygen atoms in total. The molecule has 0 saturated heterocycles. The first-order valence-electron chi connectivity index (χ1n) is 5.52. The van der Waals surface area contributed by atoms with Gasteiger partial charge in [0.15, 0.2) is 0 Å². The van der Waals surface area contributed by atoms with Crippen molar-refractivity contribution in [3.63, 3.8) is 0 Å². The summed E-state index contributed by atoms with van der Waals surface area (Å²) in [6, 6.07) is 12.4. The molecule has 0 atom stereocenters. The van der Waals surface area contributed by atoms with Crippen molar-refractivity contribution >= 4 is 11.3 Å². The van der Waals surface area contributed by atoms with Crippen LogP contribution in [0.4, 0.5) is 0 Å². The molecule has 3 heteroatoms. The van der Waals surface area contributed by atoms with Gasteiger partial charge in [-0.15, -0.1) is 0 Å². The largest absolute Gasteiger partial charge is 0.342 e. The highest BCUT2D eigenvalue weighted by Gasteiger charge is 2.03. The molecule has 17 heavy (non-hydrogen) atoms. The van der Waals surface area contributed by atoms with Crippen LogP contribution in [0.2, 0.25) is 0 Å². The Morgan fingerprint density at radius 3 is 2.76 bits per heavy atom. The number of rotatable bonds is 3. The standard InChI is InChI=1S/C14H12N2S/c1-2-4-12(5-3-1)13-9-15-14(16-13)8-11-6-7-17-10-11/h1-7,9-10H,8H2,(H,15,16). The number of benzene rings is 1. The third-order valence-corrected chi connectivity index (χ3v) is 3.40. The lowest BCUT2D eigenvalue weighted by molar-refractivity contribution is 1.03. The van der Waals surface area contributed by atoms with E-state index in [1.807, 2.05) is 24.4 Å². The molecular formula is C14H12N2S. The third kappa shape index (κ3) is 2.29. The zero-order chi connectivity index (χ0) is 11.5. The van der Waals surface area contributed by atoms with Crippen molar-refractivity contribution in [2.24, 2.45) is 0 Å². The maximum absolute atomic E-state index is 4.42. The molecule has 2 heterocycles. The molecule has 0 bridgehead atoms. The van der Waals surface area contributed by atoms with Crippen LogP contribution in [0.3, 0.4) is 0 Å². The van der Waals surface area contributed by atoms with E-state index in [1.54, 1.807) is 11.3 Å². The van der Waals surface area contributed by atoms with E-state index in [0.29, 0.717) is 0 Å². The molecule has 0 radical (unpaired) electrons. The Morgan fingerprint density at radius 1 is 1.12 bits per heavy atom. The highest BCUT2D eigenvalue weighted by molar-refractivity contribution is 7.07. The molecule has 0 spiro atoms. The molecule has 1 N–H and O–H groups in total. The molecule has 0 unspecified atom stereocenters. The van der Waals surface area contributed by atoms with Crippen molar-refractivity contribution in [1.29, 1.82) is 0 Å². The summed E-state index contributed by atoms with van der Waals surface area (Å²) in [5, 5.41) is 4.25. The summed E-state index contributed by atoms with van der Waals surface area (Å²) in [6.45, 7) is 0. The van der Waals surface area contributed by atoms with Gasteiger partial charge in [0.05, 0.1) is 11.9 Å². The average molecular weight is 240 g/mol. The molecule has 0 saturated carbocycles. The van der Waals surface area contributed by atoms with E-state index in [0.717, 1.165) is 17.9 Å². The van der Waals surface area contributed by atoms with Crippen molar-refractivity contribution in [2.75, 3.05) is 0 Å². The van der Waals surface area contributed by atoms with Gasteiger partial charge < -0.3 is 4.98 Å². The topological polar surface area (TPSA) is 28.7 Å². The second kappa shape index (κ2) is 4.55. The zero-order valence-electron chi connectivity index (χ0n) is 9.26. The Labute approximate surface area is 104 Å². The second-order valence-electron chi connectivity index (χ2n) is 3.92. The number of aromatic nitrogens is 2. The van der Waals surface area contributed by atoms with Crippen molar-refractivity contribution < 1.29 is 0 Å². The fourth-order valence-corrected chi connectivity index (χ4v) is 2.47. The van der Waals surface area contributed by atoms with Crippen LogP contribution in [0.5, 0.6) is 0 Å². The Morgan fingerprint density at radius 2 is 2.00 bits per heavy atom. The van der Waals surface area contributed by atoms with Gasteiger partial charge in [-0.1, -0.05) is 30.3 Å². The van der Waals surface area contributed by atoms with Crippen molar-refractivity contribution in [3.8, 4) is 11.3 Å². The fraction of sp³-hybridized carbons (Fsp3) is 0.0714. The molecule has 0 aliphatic rings. The average Bonchev–Trinajstić information content (AvgIpc) is 3.02. The first-order valence-corrected chi connectivity index (χ1v) is 6.46. The van der Waals surface area contributed by atoms with Crippen LogP contribution in [-0.2, 0) is 6.42 Å². The first-order chi connectivity index (χ1) is 8.42. The highest BCUT2D eigenvalue weighted by Crippen LogP contribution is 2.17. The van der Waals surface area contributed by atoms with Gasteiger partial charge in [-0.25, -0.2) is 4.98 Å². The third-order valence-electron chi connectivity index (χ3n) is 2.66. The van der Waals surface area contributed by atoms with Crippen LogP contribution in [0, 0.1) is 0 Å². The summed E-state index contributed by atoms with van der Waals surface area (Å²) >= 11 is 1.72. The van der Waals surface area contributed by atoms with Crippen LogP contribution < -0.4 is 0 Å². The summed E-state index contributed by atoms with van der Waals surface area (Å²) in [6.07, 6.45) is 2.77. The van der Waals surface area contributed by atoms with E-state index in [-0.39, 0.29) is 0 Å². The van der Waals surface area contributed by atoms with Gasteiger partial charge in [0, 0.05) is 6.42 Å². The number of nitrogens with one attached hydrogen (secondary N) is 1. The van der Waals surface area contributed by atoms with Gasteiger partial charge in [-0.3, -0.25) is 0 Å². The van der Waals surface area contributed by atoms with Crippen LogP contribution in [0.25, 0.3) is 11.3 Å². The number of imidazole rings is 1. The van der Waals surface area contributed by atoms with E-state index in [2.05, 4.69) is 38.9 Å². The quantitative estimate of drug-likeness (QED) is 0.742. The number of thiophene rings is 1. The summed E-state index contributed by atoms with van der Waals surface area (Å²) in [5.41, 5.74) is 3.57. The second-order valence-corrected chi connectivity index (χ2v) is 4.70. The molecule has 0 amide bonds. The smallest absolute Gasteiger partial charge is 0.110 e. The van der Waals surface area contributed by atoms with Crippen LogP contribution in [0.1, 0.15) is 11.4 Å². The summed E-state index contributed by atoms with van der Waals surface area (Å²) < 4.78 is 0. The highest BCUT2D eigenvalue weighted by atomic mass is 32.1. The van der Waals surface area contributed by atoms with Crippen LogP contribution >= 0.6 is 11.3 Å². The SMILES string of the molecule is c1ccc(-c2cnc(Cc3ccsc3)[nH]2)cc1. The molecule has 0 fully saturated rings. The van der Waals surface area contributed by atoms with Crippen molar-refractivity contribution in [3.05, 3.63) is 64.7 Å². The lowest BCUT2D eigenvalue weighted by Gasteiger charge is -1.96. The number of nitrogens with zero attached hydrogens (tertiary/aromatic N) is 1. The Balaban J connectivity index is 1.84. The predicted octanol–water partition coefficient (Wildman–Crippen LogP) is 3.73. The molecule has 3 aromatic rings. The molecule has 1 aromatic carbocycles. The van der Waals surface area contributed by atoms with E-state index >= 15 is 0 Å². The van der Waals surface area contributed by atoms with Crippen molar-refractivity contribution in [2.45, 2.75) is 6.42 Å².